The zero-order valence-corrected chi connectivity index (χ0v) is 25.4. The highest BCUT2D eigenvalue weighted by Crippen LogP contribution is 2.16. The number of hydrogen-bond donors (Lipinski definition) is 0. The van der Waals surface area contributed by atoms with Crippen molar-refractivity contribution in [2.45, 2.75) is 64.8 Å². The van der Waals surface area contributed by atoms with Crippen LogP contribution in [0.1, 0.15) is 11.1 Å². The van der Waals surface area contributed by atoms with Gasteiger partial charge in [0.05, 0.1) is 58.0 Å². The third kappa shape index (κ3) is 8.93. The Morgan fingerprint density at radius 3 is 1.74 bits per heavy atom. The molecule has 2 aromatic carbocycles. The molecular weight excluding hydrogens is 509 g/mol. The normalized spacial score (nSPS) is 11.7. The van der Waals surface area contributed by atoms with Gasteiger partial charge in [0.2, 0.25) is 0 Å². The SMILES string of the molecule is C[Si](C)(C)CCOCn1cnc2cc(C#N)ccc21.C[Si](C)(C)CCOCn1cnc2ccc(C#N)cc21. The fraction of sp³-hybridized carbons (Fsp3) is 0.429. The molecule has 38 heavy (non-hydrogen) atoms. The molecule has 2 heterocycles. The third-order valence-electron chi connectivity index (χ3n) is 5.95. The molecule has 0 N–H and O–H groups in total. The lowest BCUT2D eigenvalue weighted by atomic mass is 10.2. The summed E-state index contributed by atoms with van der Waals surface area (Å²) in [5, 5.41) is 17.8. The largest absolute Gasteiger partial charge is 0.361 e. The summed E-state index contributed by atoms with van der Waals surface area (Å²) in [6, 6.07) is 17.6. The lowest BCUT2D eigenvalue weighted by molar-refractivity contribution is 0.0897. The average Bonchev–Trinajstić information content (AvgIpc) is 3.46. The summed E-state index contributed by atoms with van der Waals surface area (Å²) in [4.78, 5) is 8.60. The van der Waals surface area contributed by atoms with Gasteiger partial charge in [0, 0.05) is 29.4 Å². The van der Waals surface area contributed by atoms with Crippen LogP contribution in [0.3, 0.4) is 0 Å². The fourth-order valence-electron chi connectivity index (χ4n) is 3.55. The van der Waals surface area contributed by atoms with Crippen LogP contribution in [0.2, 0.25) is 51.4 Å². The first-order chi connectivity index (χ1) is 18.0. The molecule has 0 atom stereocenters. The Balaban J connectivity index is 0.000000211. The monoisotopic (exact) mass is 546 g/mol. The van der Waals surface area contributed by atoms with E-state index in [4.69, 9.17) is 20.0 Å². The summed E-state index contributed by atoms with van der Waals surface area (Å²) < 4.78 is 15.3. The Morgan fingerprint density at radius 2 is 1.18 bits per heavy atom. The number of aromatic nitrogens is 4. The van der Waals surface area contributed by atoms with E-state index >= 15 is 0 Å². The number of rotatable bonds is 10. The predicted octanol–water partition coefficient (Wildman–Crippen LogP) is 6.44. The summed E-state index contributed by atoms with van der Waals surface area (Å²) in [7, 11) is -2.07. The Labute approximate surface area is 227 Å². The topological polar surface area (TPSA) is 102 Å². The summed E-state index contributed by atoms with van der Waals surface area (Å²) in [6.45, 7) is 16.6. The van der Waals surface area contributed by atoms with E-state index in [9.17, 15) is 0 Å². The molecule has 200 valence electrons. The van der Waals surface area contributed by atoms with Crippen LogP contribution in [-0.2, 0) is 22.9 Å². The van der Waals surface area contributed by atoms with Gasteiger partial charge >= 0.3 is 0 Å². The van der Waals surface area contributed by atoms with Crippen LogP contribution in [0.15, 0.2) is 49.1 Å². The molecule has 0 unspecified atom stereocenters. The standard InChI is InChI=1S/2C14H19N3OSi/c1-19(2,3)7-6-18-11-17-10-16-13-8-12(9-15)4-5-14(13)17;1-19(2,3)7-6-18-11-17-10-16-13-5-4-12(9-15)8-14(13)17/h2*4-5,8,10H,6-7,11H2,1-3H3. The maximum absolute atomic E-state index is 8.92. The molecule has 10 heteroatoms. The highest BCUT2D eigenvalue weighted by atomic mass is 28.3. The van der Waals surface area contributed by atoms with E-state index in [2.05, 4.69) is 61.4 Å². The van der Waals surface area contributed by atoms with Crippen LogP contribution < -0.4 is 0 Å². The van der Waals surface area contributed by atoms with E-state index in [1.807, 2.05) is 33.4 Å². The van der Waals surface area contributed by atoms with E-state index in [-0.39, 0.29) is 0 Å². The van der Waals surface area contributed by atoms with Crippen molar-refractivity contribution in [2.24, 2.45) is 0 Å². The van der Waals surface area contributed by atoms with E-state index < -0.39 is 16.1 Å². The zero-order chi connectivity index (χ0) is 27.8. The Morgan fingerprint density at radius 1 is 0.684 bits per heavy atom. The molecule has 4 rings (SSSR count). The molecule has 0 saturated heterocycles. The van der Waals surface area contributed by atoms with Crippen molar-refractivity contribution in [3.8, 4) is 12.1 Å². The molecule has 0 fully saturated rings. The quantitative estimate of drug-likeness (QED) is 0.167. The van der Waals surface area contributed by atoms with Gasteiger partial charge in [-0.2, -0.15) is 10.5 Å². The van der Waals surface area contributed by atoms with Crippen molar-refractivity contribution in [3.05, 3.63) is 60.2 Å². The minimum absolute atomic E-state index is 0.496. The second kappa shape index (κ2) is 13.0. The van der Waals surface area contributed by atoms with E-state index in [1.54, 1.807) is 24.8 Å². The summed E-state index contributed by atoms with van der Waals surface area (Å²) in [6.07, 6.45) is 3.53. The van der Waals surface area contributed by atoms with Gasteiger partial charge < -0.3 is 18.6 Å². The van der Waals surface area contributed by atoms with Crippen molar-refractivity contribution in [2.75, 3.05) is 13.2 Å². The van der Waals surface area contributed by atoms with E-state index in [1.165, 1.54) is 0 Å². The second-order valence-corrected chi connectivity index (χ2v) is 23.0. The molecule has 4 aromatic rings. The van der Waals surface area contributed by atoms with Crippen molar-refractivity contribution < 1.29 is 9.47 Å². The predicted molar refractivity (Wildman–Crippen MR) is 157 cm³/mol. The van der Waals surface area contributed by atoms with Crippen LogP contribution in [-0.4, -0.2) is 48.5 Å². The molecule has 8 nitrogen and oxygen atoms in total. The van der Waals surface area contributed by atoms with Crippen molar-refractivity contribution in [3.63, 3.8) is 0 Å². The smallest absolute Gasteiger partial charge is 0.124 e. The van der Waals surface area contributed by atoms with Gasteiger partial charge in [0.25, 0.3) is 0 Å². The first kappa shape index (κ1) is 29.3. The maximum atomic E-state index is 8.92. The van der Waals surface area contributed by atoms with Crippen molar-refractivity contribution >= 4 is 38.2 Å². The van der Waals surface area contributed by atoms with Gasteiger partial charge in [-0.1, -0.05) is 39.3 Å². The molecule has 0 aliphatic carbocycles. The average molecular weight is 547 g/mol. The van der Waals surface area contributed by atoms with Crippen LogP contribution in [0.4, 0.5) is 0 Å². The number of ether oxygens (including phenoxy) is 2. The lowest BCUT2D eigenvalue weighted by Gasteiger charge is -2.15. The zero-order valence-electron chi connectivity index (χ0n) is 23.4. The number of fused-ring (bicyclic) bond motifs is 2. The number of nitrogens with zero attached hydrogens (tertiary/aromatic N) is 6. The van der Waals surface area contributed by atoms with Crippen LogP contribution in [0.5, 0.6) is 0 Å². The first-order valence-electron chi connectivity index (χ1n) is 12.8. The van der Waals surface area contributed by atoms with E-state index in [0.29, 0.717) is 24.6 Å². The first-order valence-corrected chi connectivity index (χ1v) is 20.3. The van der Waals surface area contributed by atoms with Crippen molar-refractivity contribution in [1.29, 1.82) is 10.5 Å². The molecular formula is C28H38N6O2Si2. The fourth-order valence-corrected chi connectivity index (χ4v) is 5.06. The molecule has 0 aliphatic rings. The van der Waals surface area contributed by atoms with Gasteiger partial charge in [-0.15, -0.1) is 0 Å². The van der Waals surface area contributed by atoms with Gasteiger partial charge in [-0.25, -0.2) is 9.97 Å². The molecule has 0 bridgehead atoms. The van der Waals surface area contributed by atoms with E-state index in [0.717, 1.165) is 47.4 Å². The number of benzene rings is 2. The minimum atomic E-state index is -1.04. The van der Waals surface area contributed by atoms with Gasteiger partial charge in [0.1, 0.15) is 13.5 Å². The highest BCUT2D eigenvalue weighted by molar-refractivity contribution is 6.76. The van der Waals surface area contributed by atoms with Crippen LogP contribution >= 0.6 is 0 Å². The van der Waals surface area contributed by atoms with Crippen molar-refractivity contribution in [1.82, 2.24) is 19.1 Å². The lowest BCUT2D eigenvalue weighted by Crippen LogP contribution is -2.21. The molecule has 0 amide bonds. The molecule has 0 spiro atoms. The van der Waals surface area contributed by atoms with Gasteiger partial charge in [-0.3, -0.25) is 0 Å². The van der Waals surface area contributed by atoms with Crippen LogP contribution in [0.25, 0.3) is 22.1 Å². The number of imidazole rings is 2. The third-order valence-corrected chi connectivity index (χ3v) is 9.36. The molecule has 0 saturated carbocycles. The Hall–Kier alpha value is -3.29. The summed E-state index contributed by atoms with van der Waals surface area (Å²) in [5.74, 6) is 0. The summed E-state index contributed by atoms with van der Waals surface area (Å²) in [5.41, 5.74) is 4.98. The molecule has 0 aliphatic heterocycles. The minimum Gasteiger partial charge on any atom is -0.361 e. The number of hydrogen-bond acceptors (Lipinski definition) is 6. The van der Waals surface area contributed by atoms with Crippen LogP contribution in [0, 0.1) is 22.7 Å². The Kier molecular flexibility index (Phi) is 10.0. The highest BCUT2D eigenvalue weighted by Gasteiger charge is 2.13. The van der Waals surface area contributed by atoms with Gasteiger partial charge in [0.15, 0.2) is 0 Å². The second-order valence-electron chi connectivity index (χ2n) is 11.8. The molecule has 2 aromatic heterocycles. The Bertz CT molecular complexity index is 1430. The number of nitriles is 2. The maximum Gasteiger partial charge on any atom is 0.124 e. The van der Waals surface area contributed by atoms with Gasteiger partial charge in [-0.05, 0) is 48.5 Å². The summed E-state index contributed by atoms with van der Waals surface area (Å²) >= 11 is 0. The molecule has 0 radical (unpaired) electrons.